The summed E-state index contributed by atoms with van der Waals surface area (Å²) in [6.45, 7) is 7.90. The normalized spacial score (nSPS) is 10.6. The number of benzene rings is 2. The molecule has 0 amide bonds. The lowest BCUT2D eigenvalue weighted by Gasteiger charge is -2.11. The van der Waals surface area contributed by atoms with Gasteiger partial charge in [-0.3, -0.25) is 0 Å². The summed E-state index contributed by atoms with van der Waals surface area (Å²) in [5.41, 5.74) is 3.44. The fourth-order valence-corrected chi connectivity index (χ4v) is 2.27. The average Bonchev–Trinajstić information content (AvgIpc) is 2.41. The molecule has 2 rings (SSSR count). The van der Waals surface area contributed by atoms with Crippen molar-refractivity contribution < 1.29 is 4.74 Å². The van der Waals surface area contributed by atoms with E-state index in [4.69, 9.17) is 16.3 Å². The third kappa shape index (κ3) is 3.75. The summed E-state index contributed by atoms with van der Waals surface area (Å²) < 4.78 is 5.90. The minimum Gasteiger partial charge on any atom is -0.457 e. The summed E-state index contributed by atoms with van der Waals surface area (Å²) >= 11 is 6.28. The van der Waals surface area contributed by atoms with Crippen molar-refractivity contribution in [2.75, 3.05) is 6.54 Å². The summed E-state index contributed by atoms with van der Waals surface area (Å²) in [7, 11) is 0. The van der Waals surface area contributed by atoms with Crippen LogP contribution in [0.4, 0.5) is 0 Å². The van der Waals surface area contributed by atoms with E-state index < -0.39 is 0 Å². The molecule has 0 saturated heterocycles. The van der Waals surface area contributed by atoms with Crippen LogP contribution in [0.3, 0.4) is 0 Å². The van der Waals surface area contributed by atoms with Crippen LogP contribution in [0.15, 0.2) is 36.4 Å². The predicted molar refractivity (Wildman–Crippen MR) is 84.8 cm³/mol. The lowest BCUT2D eigenvalue weighted by Crippen LogP contribution is -2.11. The first-order valence-electron chi connectivity index (χ1n) is 6.84. The maximum absolute atomic E-state index is 6.28. The first-order chi connectivity index (χ1) is 9.60. The highest BCUT2D eigenvalue weighted by Gasteiger charge is 2.05. The Morgan fingerprint density at radius 1 is 1.10 bits per heavy atom. The van der Waals surface area contributed by atoms with Crippen molar-refractivity contribution in [2.24, 2.45) is 0 Å². The number of halogens is 1. The molecule has 106 valence electrons. The predicted octanol–water partition coefficient (Wildman–Crippen LogP) is 4.86. The molecular formula is C17H20ClNO. The maximum atomic E-state index is 6.28. The second kappa shape index (κ2) is 6.78. The highest BCUT2D eigenvalue weighted by Crippen LogP contribution is 2.29. The van der Waals surface area contributed by atoms with Gasteiger partial charge in [0.15, 0.2) is 0 Å². The van der Waals surface area contributed by atoms with E-state index in [9.17, 15) is 0 Å². The molecule has 0 heterocycles. The van der Waals surface area contributed by atoms with Gasteiger partial charge in [0.25, 0.3) is 0 Å². The Morgan fingerprint density at radius 2 is 1.90 bits per heavy atom. The Morgan fingerprint density at radius 3 is 2.55 bits per heavy atom. The minimum atomic E-state index is 0.730. The Hall–Kier alpha value is -1.51. The molecule has 0 radical (unpaired) electrons. The molecule has 0 saturated carbocycles. The number of hydrogen-bond donors (Lipinski definition) is 1. The van der Waals surface area contributed by atoms with Crippen molar-refractivity contribution >= 4 is 11.6 Å². The molecule has 2 aromatic rings. The van der Waals surface area contributed by atoms with E-state index in [1.807, 2.05) is 37.3 Å². The summed E-state index contributed by atoms with van der Waals surface area (Å²) in [4.78, 5) is 0. The van der Waals surface area contributed by atoms with Gasteiger partial charge in [-0.25, -0.2) is 0 Å². The van der Waals surface area contributed by atoms with E-state index in [0.717, 1.165) is 40.7 Å². The lowest BCUT2D eigenvalue weighted by atomic mass is 10.1. The molecule has 0 aliphatic carbocycles. The fourth-order valence-electron chi connectivity index (χ4n) is 2.04. The standard InChI is InChI=1S/C17H20ClNO/c1-4-19-11-14-6-7-15(10-16(14)18)20-17-8-5-12(2)9-13(17)3/h5-10,19H,4,11H2,1-3H3. The van der Waals surface area contributed by atoms with E-state index in [-0.39, 0.29) is 0 Å². The lowest BCUT2D eigenvalue weighted by molar-refractivity contribution is 0.478. The van der Waals surface area contributed by atoms with Crippen LogP contribution in [0.25, 0.3) is 0 Å². The molecule has 3 heteroatoms. The van der Waals surface area contributed by atoms with Gasteiger partial charge >= 0.3 is 0 Å². The molecule has 0 unspecified atom stereocenters. The molecule has 1 N–H and O–H groups in total. The van der Waals surface area contributed by atoms with Gasteiger partial charge in [-0.15, -0.1) is 0 Å². The monoisotopic (exact) mass is 289 g/mol. The van der Waals surface area contributed by atoms with Crippen LogP contribution in [-0.4, -0.2) is 6.54 Å². The van der Waals surface area contributed by atoms with Gasteiger partial charge in [0.2, 0.25) is 0 Å². The molecule has 0 spiro atoms. The maximum Gasteiger partial charge on any atom is 0.130 e. The molecule has 20 heavy (non-hydrogen) atoms. The summed E-state index contributed by atoms with van der Waals surface area (Å²) in [6.07, 6.45) is 0. The van der Waals surface area contributed by atoms with E-state index in [0.29, 0.717) is 0 Å². The smallest absolute Gasteiger partial charge is 0.130 e. The van der Waals surface area contributed by atoms with Crippen LogP contribution < -0.4 is 10.1 Å². The summed E-state index contributed by atoms with van der Waals surface area (Å²) in [5, 5.41) is 3.99. The first-order valence-corrected chi connectivity index (χ1v) is 7.22. The number of rotatable bonds is 5. The van der Waals surface area contributed by atoms with E-state index >= 15 is 0 Å². The van der Waals surface area contributed by atoms with Gasteiger partial charge in [-0.2, -0.15) is 0 Å². The Bertz CT molecular complexity index is 596. The molecule has 0 aromatic heterocycles. The van der Waals surface area contributed by atoms with E-state index in [1.165, 1.54) is 5.56 Å². The van der Waals surface area contributed by atoms with Gasteiger partial charge < -0.3 is 10.1 Å². The highest BCUT2D eigenvalue weighted by molar-refractivity contribution is 6.31. The number of ether oxygens (including phenoxy) is 1. The summed E-state index contributed by atoms with van der Waals surface area (Å²) in [6, 6.07) is 12.0. The first kappa shape index (κ1) is 14.9. The minimum absolute atomic E-state index is 0.730. The number of hydrogen-bond acceptors (Lipinski definition) is 2. The van der Waals surface area contributed by atoms with Crippen molar-refractivity contribution in [3.63, 3.8) is 0 Å². The van der Waals surface area contributed by atoms with Crippen molar-refractivity contribution in [2.45, 2.75) is 27.3 Å². The van der Waals surface area contributed by atoms with Crippen LogP contribution in [0.5, 0.6) is 11.5 Å². The SMILES string of the molecule is CCNCc1ccc(Oc2ccc(C)cc2C)cc1Cl. The van der Waals surface area contributed by atoms with Gasteiger partial charge in [0, 0.05) is 11.6 Å². The highest BCUT2D eigenvalue weighted by atomic mass is 35.5. The molecule has 0 bridgehead atoms. The number of nitrogens with one attached hydrogen (secondary N) is 1. The average molecular weight is 290 g/mol. The van der Waals surface area contributed by atoms with Crippen LogP contribution in [0, 0.1) is 13.8 Å². The quantitative estimate of drug-likeness (QED) is 0.849. The van der Waals surface area contributed by atoms with Crippen molar-refractivity contribution in [3.8, 4) is 11.5 Å². The molecule has 0 aliphatic rings. The van der Waals surface area contributed by atoms with Crippen molar-refractivity contribution in [3.05, 3.63) is 58.1 Å². The van der Waals surface area contributed by atoms with Crippen LogP contribution in [-0.2, 0) is 6.54 Å². The largest absolute Gasteiger partial charge is 0.457 e. The van der Waals surface area contributed by atoms with Gasteiger partial charge in [-0.05, 0) is 49.7 Å². The molecule has 0 aliphatic heterocycles. The third-order valence-corrected chi connectivity index (χ3v) is 3.50. The Balaban J connectivity index is 2.15. The van der Waals surface area contributed by atoms with Crippen LogP contribution >= 0.6 is 11.6 Å². The fraction of sp³-hybridized carbons (Fsp3) is 0.294. The second-order valence-electron chi connectivity index (χ2n) is 4.90. The van der Waals surface area contributed by atoms with Crippen molar-refractivity contribution in [1.82, 2.24) is 5.32 Å². The Kier molecular flexibility index (Phi) is 5.05. The molecule has 0 fully saturated rings. The third-order valence-electron chi connectivity index (χ3n) is 3.15. The number of aryl methyl sites for hydroxylation is 2. The zero-order valence-electron chi connectivity index (χ0n) is 12.2. The molecule has 0 atom stereocenters. The van der Waals surface area contributed by atoms with E-state index in [2.05, 4.69) is 25.2 Å². The zero-order valence-corrected chi connectivity index (χ0v) is 12.9. The molecule has 2 aromatic carbocycles. The van der Waals surface area contributed by atoms with Gasteiger partial charge in [-0.1, -0.05) is 42.3 Å². The second-order valence-corrected chi connectivity index (χ2v) is 5.31. The van der Waals surface area contributed by atoms with Gasteiger partial charge in [0.05, 0.1) is 0 Å². The molecule has 2 nitrogen and oxygen atoms in total. The molecular weight excluding hydrogens is 270 g/mol. The topological polar surface area (TPSA) is 21.3 Å². The van der Waals surface area contributed by atoms with Gasteiger partial charge in [0.1, 0.15) is 11.5 Å². The van der Waals surface area contributed by atoms with E-state index in [1.54, 1.807) is 0 Å². The van der Waals surface area contributed by atoms with Crippen LogP contribution in [0.1, 0.15) is 23.6 Å². The summed E-state index contributed by atoms with van der Waals surface area (Å²) in [5.74, 6) is 1.63. The zero-order chi connectivity index (χ0) is 14.5. The Labute approximate surface area is 125 Å². The van der Waals surface area contributed by atoms with Crippen molar-refractivity contribution in [1.29, 1.82) is 0 Å². The van der Waals surface area contributed by atoms with Crippen LogP contribution in [0.2, 0.25) is 5.02 Å².